The quantitative estimate of drug-likeness (QED) is 0.845. The van der Waals surface area contributed by atoms with Crippen LogP contribution in [0.3, 0.4) is 0 Å². The van der Waals surface area contributed by atoms with Gasteiger partial charge in [0.1, 0.15) is 4.75 Å². The highest BCUT2D eigenvalue weighted by Gasteiger charge is 2.57. The number of carbonyl (C=O) groups excluding carboxylic acids is 1. The van der Waals surface area contributed by atoms with Gasteiger partial charge in [-0.3, -0.25) is 4.79 Å². The van der Waals surface area contributed by atoms with Crippen molar-refractivity contribution in [2.45, 2.75) is 49.3 Å². The van der Waals surface area contributed by atoms with Gasteiger partial charge in [-0.25, -0.2) is 8.78 Å². The lowest BCUT2D eigenvalue weighted by molar-refractivity contribution is -0.120. The van der Waals surface area contributed by atoms with Gasteiger partial charge >= 0.3 is 0 Å². The minimum absolute atomic E-state index is 0.0000667. The molecule has 1 N–H and O–H groups in total. The maximum Gasteiger partial charge on any atom is 0.264 e. The molecule has 0 aromatic heterocycles. The molecule has 0 spiro atoms. The maximum atomic E-state index is 13.6. The lowest BCUT2D eigenvalue weighted by atomic mass is 9.92. The molecule has 0 aromatic rings. The fourth-order valence-electron chi connectivity index (χ4n) is 4.31. The van der Waals surface area contributed by atoms with Crippen molar-refractivity contribution >= 4 is 22.8 Å². The van der Waals surface area contributed by atoms with E-state index in [1.54, 1.807) is 0 Å². The zero-order valence-corrected chi connectivity index (χ0v) is 13.3. The predicted octanol–water partition coefficient (Wildman–Crippen LogP) is 2.43. The Morgan fingerprint density at radius 1 is 1.36 bits per heavy atom. The second-order valence-electron chi connectivity index (χ2n) is 7.14. The van der Waals surface area contributed by atoms with E-state index in [0.29, 0.717) is 31.2 Å². The Hall–Kier alpha value is -0.690. The van der Waals surface area contributed by atoms with Crippen LogP contribution in [0.5, 0.6) is 0 Å². The molecule has 2 saturated carbocycles. The minimum Gasteiger partial charge on any atom is -0.381 e. The smallest absolute Gasteiger partial charge is 0.264 e. The van der Waals surface area contributed by atoms with Gasteiger partial charge in [0.15, 0.2) is 5.17 Å². The number of nitrogens with zero attached hydrogens (tertiary/aromatic N) is 1. The molecular formula is C15H20F2N2O2S. The molecule has 2 heterocycles. The lowest BCUT2D eigenvalue weighted by Crippen LogP contribution is -2.42. The van der Waals surface area contributed by atoms with Crippen molar-refractivity contribution in [1.29, 1.82) is 0 Å². The number of carbonyl (C=O) groups is 1. The second-order valence-corrected chi connectivity index (χ2v) is 8.58. The van der Waals surface area contributed by atoms with Crippen molar-refractivity contribution in [2.24, 2.45) is 22.7 Å². The molecule has 4 nitrogen and oxygen atoms in total. The van der Waals surface area contributed by atoms with E-state index >= 15 is 0 Å². The van der Waals surface area contributed by atoms with Crippen molar-refractivity contribution in [3.63, 3.8) is 0 Å². The van der Waals surface area contributed by atoms with Crippen LogP contribution in [0.2, 0.25) is 0 Å². The van der Waals surface area contributed by atoms with Crippen molar-refractivity contribution in [2.75, 3.05) is 13.2 Å². The molecule has 1 amide bonds. The predicted molar refractivity (Wildman–Crippen MR) is 80.1 cm³/mol. The molecule has 2 aliphatic carbocycles. The number of nitrogens with one attached hydrogen (secondary N) is 1. The number of amidine groups is 1. The summed E-state index contributed by atoms with van der Waals surface area (Å²) in [5.74, 6) is -2.95. The number of rotatable bonds is 2. The Labute approximate surface area is 132 Å². The third-order valence-electron chi connectivity index (χ3n) is 5.78. The van der Waals surface area contributed by atoms with Crippen LogP contribution in [0, 0.1) is 17.8 Å². The number of halogens is 2. The summed E-state index contributed by atoms with van der Waals surface area (Å²) in [6, 6.07) is 0.0332. The van der Waals surface area contributed by atoms with Gasteiger partial charge in [-0.05, 0) is 32.1 Å². The summed E-state index contributed by atoms with van der Waals surface area (Å²) in [5.41, 5.74) is 0. The first-order valence-electron chi connectivity index (χ1n) is 7.93. The summed E-state index contributed by atoms with van der Waals surface area (Å²) in [6.07, 6.45) is 1.91. The van der Waals surface area contributed by atoms with E-state index < -0.39 is 16.6 Å². The third-order valence-corrected chi connectivity index (χ3v) is 7.11. The summed E-state index contributed by atoms with van der Waals surface area (Å²) >= 11 is 1.45. The van der Waals surface area contributed by atoms with Crippen molar-refractivity contribution in [3.05, 3.63) is 0 Å². The van der Waals surface area contributed by atoms with E-state index in [9.17, 15) is 13.6 Å². The topological polar surface area (TPSA) is 50.7 Å². The number of amides is 1. The van der Waals surface area contributed by atoms with Gasteiger partial charge in [0, 0.05) is 30.9 Å². The van der Waals surface area contributed by atoms with Gasteiger partial charge in [-0.15, -0.1) is 0 Å². The van der Waals surface area contributed by atoms with E-state index in [-0.39, 0.29) is 30.2 Å². The van der Waals surface area contributed by atoms with E-state index in [1.807, 2.05) is 6.92 Å². The van der Waals surface area contributed by atoms with Gasteiger partial charge in [-0.1, -0.05) is 11.8 Å². The summed E-state index contributed by atoms with van der Waals surface area (Å²) in [7, 11) is 0. The summed E-state index contributed by atoms with van der Waals surface area (Å²) in [4.78, 5) is 16.5. The lowest BCUT2D eigenvalue weighted by Gasteiger charge is -2.30. The van der Waals surface area contributed by atoms with Crippen LogP contribution in [-0.2, 0) is 9.53 Å². The highest BCUT2D eigenvalue weighted by molar-refractivity contribution is 8.16. The molecule has 0 aromatic carbocycles. The van der Waals surface area contributed by atoms with Gasteiger partial charge in [0.2, 0.25) is 0 Å². The normalized spacial score (nSPS) is 46.3. The summed E-state index contributed by atoms with van der Waals surface area (Å²) < 4.78 is 32.0. The molecule has 5 atom stereocenters. The van der Waals surface area contributed by atoms with Gasteiger partial charge in [0.05, 0.1) is 6.61 Å². The Morgan fingerprint density at radius 3 is 2.77 bits per heavy atom. The average Bonchev–Trinajstić information content (AvgIpc) is 3.15. The molecular weight excluding hydrogens is 310 g/mol. The fraction of sp³-hybridized carbons (Fsp3) is 0.867. The van der Waals surface area contributed by atoms with Crippen LogP contribution < -0.4 is 5.32 Å². The molecule has 2 aliphatic heterocycles. The molecule has 122 valence electrons. The molecule has 3 fully saturated rings. The minimum atomic E-state index is -2.50. The number of hydrogen-bond acceptors (Lipinski definition) is 4. The van der Waals surface area contributed by atoms with E-state index in [0.717, 1.165) is 6.42 Å². The van der Waals surface area contributed by atoms with Crippen molar-refractivity contribution < 1.29 is 18.3 Å². The maximum absolute atomic E-state index is 13.6. The molecule has 2 bridgehead atoms. The van der Waals surface area contributed by atoms with Crippen LogP contribution in [0.1, 0.15) is 32.6 Å². The van der Waals surface area contributed by atoms with E-state index in [2.05, 4.69) is 10.3 Å². The number of fused-ring (bicyclic) bond motifs is 2. The molecule has 4 rings (SSSR count). The zero-order chi connectivity index (χ0) is 15.5. The first kappa shape index (κ1) is 14.9. The molecule has 7 heteroatoms. The van der Waals surface area contributed by atoms with Gasteiger partial charge in [-0.2, -0.15) is 4.99 Å². The van der Waals surface area contributed by atoms with E-state index in [1.165, 1.54) is 11.8 Å². The average molecular weight is 330 g/mol. The van der Waals surface area contributed by atoms with Crippen LogP contribution in [0.4, 0.5) is 8.78 Å². The van der Waals surface area contributed by atoms with Crippen molar-refractivity contribution in [1.82, 2.24) is 5.32 Å². The number of hydrogen-bond donors (Lipinski definition) is 1. The standard InChI is InChI=1S/C15H20F2N2O2S/c1-14(9-2-3-21-7-9)12(20)19-13(22-14)18-11-5-10-4-8(11)6-15(10,16)17/h8-11H,2-7H2,1H3,(H,18,19,20)/t8-,9+,10-,11+,14?/m1/s1. The van der Waals surface area contributed by atoms with E-state index in [4.69, 9.17) is 4.74 Å². The molecule has 1 unspecified atom stereocenters. The first-order chi connectivity index (χ1) is 10.4. The molecule has 0 radical (unpaired) electrons. The van der Waals surface area contributed by atoms with Crippen LogP contribution in [-0.4, -0.2) is 41.0 Å². The van der Waals surface area contributed by atoms with Crippen LogP contribution in [0.25, 0.3) is 0 Å². The Kier molecular flexibility index (Phi) is 3.31. The Bertz CT molecular complexity index is 536. The fourth-order valence-corrected chi connectivity index (χ4v) is 5.53. The molecule has 22 heavy (non-hydrogen) atoms. The van der Waals surface area contributed by atoms with Crippen molar-refractivity contribution in [3.8, 4) is 0 Å². The monoisotopic (exact) mass is 330 g/mol. The number of thioether (sulfide) groups is 1. The SMILES string of the molecule is CC1([C@H]2CCOC2)SC(N[C@H]2C[C@H]3C[C@@H]2CC3(F)F)=NC1=O. The highest BCUT2D eigenvalue weighted by Crippen LogP contribution is 2.54. The Morgan fingerprint density at radius 2 is 2.18 bits per heavy atom. The van der Waals surface area contributed by atoms with Gasteiger partial charge < -0.3 is 10.1 Å². The number of aliphatic imine (C=N–C) groups is 1. The van der Waals surface area contributed by atoms with Crippen LogP contribution in [0.15, 0.2) is 4.99 Å². The number of alkyl halides is 2. The van der Waals surface area contributed by atoms with Gasteiger partial charge in [0.25, 0.3) is 11.8 Å². The number of ether oxygens (including phenoxy) is 1. The summed E-state index contributed by atoms with van der Waals surface area (Å²) in [6.45, 7) is 3.21. The summed E-state index contributed by atoms with van der Waals surface area (Å²) in [5, 5.41) is 3.89. The van der Waals surface area contributed by atoms with Crippen LogP contribution >= 0.6 is 11.8 Å². The molecule has 4 aliphatic rings. The highest BCUT2D eigenvalue weighted by atomic mass is 32.2. The molecule has 1 saturated heterocycles. The largest absolute Gasteiger partial charge is 0.381 e. The first-order valence-corrected chi connectivity index (χ1v) is 8.74. The zero-order valence-electron chi connectivity index (χ0n) is 12.5. The Balaban J connectivity index is 1.41. The third kappa shape index (κ3) is 2.19. The second kappa shape index (κ2) is 4.90.